The van der Waals surface area contributed by atoms with Crippen molar-refractivity contribution in [2.24, 2.45) is 5.73 Å². The van der Waals surface area contributed by atoms with Crippen LogP contribution in [0.3, 0.4) is 0 Å². The third-order valence-corrected chi connectivity index (χ3v) is 4.22. The zero-order valence-corrected chi connectivity index (χ0v) is 8.42. The Morgan fingerprint density at radius 1 is 1.00 bits per heavy atom. The lowest BCUT2D eigenvalue weighted by molar-refractivity contribution is -0.170. The van der Waals surface area contributed by atoms with E-state index in [4.69, 9.17) is 5.73 Å². The summed E-state index contributed by atoms with van der Waals surface area (Å²) in [6, 6.07) is 0. The molecule has 0 radical (unpaired) electrons. The molecule has 13 heavy (non-hydrogen) atoms. The molecule has 4 aliphatic rings. The molecular weight excluding hydrogens is 162 g/mol. The van der Waals surface area contributed by atoms with Gasteiger partial charge in [-0.25, -0.2) is 0 Å². The van der Waals surface area contributed by atoms with Gasteiger partial charge in [0, 0.05) is 37.3 Å². The summed E-state index contributed by atoms with van der Waals surface area (Å²) < 4.78 is 0. The maximum atomic E-state index is 6.07. The minimum atomic E-state index is 0.267. The van der Waals surface area contributed by atoms with Crippen molar-refractivity contribution in [2.75, 3.05) is 33.2 Å². The van der Waals surface area contributed by atoms with E-state index in [2.05, 4.69) is 16.8 Å². The first-order chi connectivity index (χ1) is 6.12. The van der Waals surface area contributed by atoms with E-state index in [-0.39, 0.29) is 5.54 Å². The molecule has 0 atom stereocenters. The highest BCUT2D eigenvalue weighted by Crippen LogP contribution is 2.62. The minimum absolute atomic E-state index is 0.267. The van der Waals surface area contributed by atoms with Crippen molar-refractivity contribution in [2.45, 2.75) is 30.3 Å². The zero-order chi connectivity index (χ0) is 9.10. The molecule has 1 aliphatic heterocycles. The van der Waals surface area contributed by atoms with Gasteiger partial charge in [-0.2, -0.15) is 0 Å². The molecule has 0 amide bonds. The molecule has 4 rings (SSSR count). The summed E-state index contributed by atoms with van der Waals surface area (Å²) in [6.07, 6.45) is 3.80. The Hall–Kier alpha value is -0.120. The third kappa shape index (κ3) is 1.01. The zero-order valence-electron chi connectivity index (χ0n) is 8.42. The lowest BCUT2D eigenvalue weighted by atomic mass is 9.44. The van der Waals surface area contributed by atoms with Gasteiger partial charge < -0.3 is 10.6 Å². The molecule has 3 nitrogen and oxygen atoms in total. The number of hydrogen-bond acceptors (Lipinski definition) is 3. The first-order valence-electron chi connectivity index (χ1n) is 5.35. The van der Waals surface area contributed by atoms with Gasteiger partial charge in [0.1, 0.15) is 0 Å². The number of nitrogens with two attached hydrogens (primary N) is 1. The molecule has 3 heteroatoms. The van der Waals surface area contributed by atoms with Gasteiger partial charge in [0.05, 0.1) is 0 Å². The molecule has 1 heterocycles. The van der Waals surface area contributed by atoms with Crippen LogP contribution in [0.5, 0.6) is 0 Å². The van der Waals surface area contributed by atoms with E-state index in [0.717, 1.165) is 0 Å². The lowest BCUT2D eigenvalue weighted by Gasteiger charge is -2.73. The Balaban J connectivity index is 1.62. The fourth-order valence-corrected chi connectivity index (χ4v) is 3.43. The highest BCUT2D eigenvalue weighted by molar-refractivity contribution is 5.28. The van der Waals surface area contributed by atoms with E-state index < -0.39 is 0 Å². The van der Waals surface area contributed by atoms with Gasteiger partial charge in [-0.15, -0.1) is 0 Å². The molecular formula is C10H19N3. The number of rotatable bonds is 1. The SMILES string of the molecule is CN1CCN(C23CC(N)(C2)C3)CC1. The molecule has 2 bridgehead atoms. The molecule has 3 aliphatic carbocycles. The van der Waals surface area contributed by atoms with Crippen LogP contribution in [0.4, 0.5) is 0 Å². The van der Waals surface area contributed by atoms with Crippen molar-refractivity contribution in [3.8, 4) is 0 Å². The third-order valence-electron chi connectivity index (χ3n) is 4.22. The van der Waals surface area contributed by atoms with Crippen LogP contribution < -0.4 is 5.73 Å². The van der Waals surface area contributed by atoms with E-state index in [1.807, 2.05) is 0 Å². The molecule has 3 saturated carbocycles. The second-order valence-corrected chi connectivity index (χ2v) is 5.41. The number of nitrogens with zero attached hydrogens (tertiary/aromatic N) is 2. The molecule has 0 aromatic rings. The summed E-state index contributed by atoms with van der Waals surface area (Å²) in [7, 11) is 2.21. The average Bonchev–Trinajstić information content (AvgIpc) is 1.99. The maximum absolute atomic E-state index is 6.07. The van der Waals surface area contributed by atoms with Crippen LogP contribution in [0.15, 0.2) is 0 Å². The number of likely N-dealkylation sites (N-methyl/N-ethyl adjacent to an activating group) is 1. The van der Waals surface area contributed by atoms with Gasteiger partial charge in [0.2, 0.25) is 0 Å². The number of hydrogen-bond donors (Lipinski definition) is 1. The summed E-state index contributed by atoms with van der Waals surface area (Å²) in [4.78, 5) is 5.10. The van der Waals surface area contributed by atoms with Crippen LogP contribution in [-0.4, -0.2) is 54.1 Å². The fourth-order valence-electron chi connectivity index (χ4n) is 3.43. The van der Waals surface area contributed by atoms with Crippen molar-refractivity contribution >= 4 is 0 Å². The minimum Gasteiger partial charge on any atom is -0.325 e. The van der Waals surface area contributed by atoms with E-state index in [1.165, 1.54) is 45.4 Å². The van der Waals surface area contributed by atoms with Gasteiger partial charge in [0.25, 0.3) is 0 Å². The van der Waals surface area contributed by atoms with Crippen molar-refractivity contribution in [3.63, 3.8) is 0 Å². The average molecular weight is 181 g/mol. The van der Waals surface area contributed by atoms with Crippen molar-refractivity contribution in [3.05, 3.63) is 0 Å². The smallest absolute Gasteiger partial charge is 0.0263 e. The second kappa shape index (κ2) is 2.27. The quantitative estimate of drug-likeness (QED) is 0.611. The van der Waals surface area contributed by atoms with Crippen LogP contribution >= 0.6 is 0 Å². The molecule has 74 valence electrons. The van der Waals surface area contributed by atoms with Gasteiger partial charge in [-0.05, 0) is 26.3 Å². The summed E-state index contributed by atoms with van der Waals surface area (Å²) in [5.41, 5.74) is 6.90. The molecule has 0 unspecified atom stereocenters. The monoisotopic (exact) mass is 181 g/mol. The van der Waals surface area contributed by atoms with Crippen LogP contribution in [0, 0.1) is 0 Å². The highest BCUT2D eigenvalue weighted by atomic mass is 15.3. The van der Waals surface area contributed by atoms with E-state index in [9.17, 15) is 0 Å². The van der Waals surface area contributed by atoms with E-state index >= 15 is 0 Å². The molecule has 2 N–H and O–H groups in total. The maximum Gasteiger partial charge on any atom is 0.0263 e. The molecule has 4 fully saturated rings. The highest BCUT2D eigenvalue weighted by Gasteiger charge is 2.68. The van der Waals surface area contributed by atoms with Crippen LogP contribution in [-0.2, 0) is 0 Å². The first-order valence-corrected chi connectivity index (χ1v) is 5.35. The summed E-state index contributed by atoms with van der Waals surface area (Å²) in [5.74, 6) is 0. The Kier molecular flexibility index (Phi) is 1.43. The van der Waals surface area contributed by atoms with E-state index in [0.29, 0.717) is 5.54 Å². The van der Waals surface area contributed by atoms with Gasteiger partial charge in [0.15, 0.2) is 0 Å². The molecule has 0 spiro atoms. The number of piperazine rings is 1. The molecule has 1 saturated heterocycles. The second-order valence-electron chi connectivity index (χ2n) is 5.41. The van der Waals surface area contributed by atoms with Gasteiger partial charge in [-0.1, -0.05) is 0 Å². The largest absolute Gasteiger partial charge is 0.325 e. The summed E-state index contributed by atoms with van der Waals surface area (Å²) in [6.45, 7) is 4.98. The predicted octanol–water partition coefficient (Wildman–Crippen LogP) is -0.132. The summed E-state index contributed by atoms with van der Waals surface area (Å²) >= 11 is 0. The van der Waals surface area contributed by atoms with Gasteiger partial charge in [-0.3, -0.25) is 4.90 Å². The predicted molar refractivity (Wildman–Crippen MR) is 52.6 cm³/mol. The standard InChI is InChI=1S/C10H19N3/c1-12-2-4-13(5-3-12)10-6-9(11,7-10)8-10/h2-8,11H2,1H3. The Bertz CT molecular complexity index is 211. The van der Waals surface area contributed by atoms with Crippen molar-refractivity contribution in [1.29, 1.82) is 0 Å². The lowest BCUT2D eigenvalue weighted by Crippen LogP contribution is -2.83. The molecule has 0 aromatic carbocycles. The fraction of sp³-hybridized carbons (Fsp3) is 1.00. The Morgan fingerprint density at radius 3 is 2.00 bits per heavy atom. The molecule has 0 aromatic heterocycles. The topological polar surface area (TPSA) is 32.5 Å². The van der Waals surface area contributed by atoms with Crippen LogP contribution in [0.1, 0.15) is 19.3 Å². The van der Waals surface area contributed by atoms with Crippen molar-refractivity contribution in [1.82, 2.24) is 9.80 Å². The van der Waals surface area contributed by atoms with Crippen molar-refractivity contribution < 1.29 is 0 Å². The van der Waals surface area contributed by atoms with E-state index in [1.54, 1.807) is 0 Å². The Morgan fingerprint density at radius 2 is 1.54 bits per heavy atom. The first kappa shape index (κ1) is 8.21. The van der Waals surface area contributed by atoms with Crippen LogP contribution in [0.2, 0.25) is 0 Å². The normalized spacial score (nSPS) is 51.2. The Labute approximate surface area is 79.9 Å². The van der Waals surface area contributed by atoms with Gasteiger partial charge >= 0.3 is 0 Å². The summed E-state index contributed by atoms with van der Waals surface area (Å²) in [5, 5.41) is 0. The van der Waals surface area contributed by atoms with Crippen LogP contribution in [0.25, 0.3) is 0 Å².